The largest absolute Gasteiger partial charge is 0.217 e. The first-order valence-electron chi connectivity index (χ1n) is 4.67. The minimum Gasteiger partial charge on any atom is -0.217 e. The Labute approximate surface area is 76.4 Å². The first-order valence-corrected chi connectivity index (χ1v) is 4.67. The van der Waals surface area contributed by atoms with Crippen molar-refractivity contribution in [1.82, 2.24) is 14.6 Å². The lowest BCUT2D eigenvalue weighted by atomic mass is 10.2. The summed E-state index contributed by atoms with van der Waals surface area (Å²) in [5.74, 6) is 1.58. The molecule has 1 aliphatic rings. The number of rotatable bonds is 1. The summed E-state index contributed by atoms with van der Waals surface area (Å²) in [6, 6.07) is 6.22. The van der Waals surface area contributed by atoms with Gasteiger partial charge in [0.1, 0.15) is 5.82 Å². The molecule has 2 heterocycles. The Bertz CT molecular complexity index is 454. The molecule has 13 heavy (non-hydrogen) atoms. The van der Waals surface area contributed by atoms with Gasteiger partial charge in [0.05, 0.1) is 0 Å². The zero-order chi connectivity index (χ0) is 8.84. The third kappa shape index (κ3) is 1.03. The minimum atomic E-state index is 0.727. The van der Waals surface area contributed by atoms with Gasteiger partial charge in [-0.2, -0.15) is 5.10 Å². The van der Waals surface area contributed by atoms with Crippen LogP contribution in [-0.4, -0.2) is 14.6 Å². The predicted molar refractivity (Wildman–Crippen MR) is 49.7 cm³/mol. The maximum atomic E-state index is 4.38. The van der Waals surface area contributed by atoms with E-state index in [-0.39, 0.29) is 0 Å². The smallest absolute Gasteiger partial charge is 0.155 e. The second-order valence-electron chi connectivity index (χ2n) is 3.65. The monoisotopic (exact) mass is 173 g/mol. The van der Waals surface area contributed by atoms with Crippen molar-refractivity contribution in [1.29, 1.82) is 0 Å². The second-order valence-corrected chi connectivity index (χ2v) is 3.65. The van der Waals surface area contributed by atoms with Crippen molar-refractivity contribution in [2.75, 3.05) is 0 Å². The first-order chi connectivity index (χ1) is 6.34. The van der Waals surface area contributed by atoms with Gasteiger partial charge in [-0.3, -0.25) is 0 Å². The molecule has 0 bridgehead atoms. The van der Waals surface area contributed by atoms with E-state index in [0.29, 0.717) is 0 Å². The molecular formula is C10H11N3. The van der Waals surface area contributed by atoms with E-state index in [1.165, 1.54) is 18.5 Å². The lowest BCUT2D eigenvalue weighted by Gasteiger charge is -1.99. The van der Waals surface area contributed by atoms with Crippen LogP contribution < -0.4 is 0 Å². The molecule has 1 fully saturated rings. The highest BCUT2D eigenvalue weighted by Gasteiger charge is 2.26. The fourth-order valence-corrected chi connectivity index (χ4v) is 1.72. The van der Waals surface area contributed by atoms with Crippen molar-refractivity contribution in [2.24, 2.45) is 0 Å². The van der Waals surface area contributed by atoms with Crippen LogP contribution in [0, 0.1) is 6.92 Å². The average molecular weight is 173 g/mol. The van der Waals surface area contributed by atoms with Gasteiger partial charge in [-0.05, 0) is 31.9 Å². The Morgan fingerprint density at radius 1 is 1.38 bits per heavy atom. The molecule has 0 spiro atoms. The molecule has 0 atom stereocenters. The van der Waals surface area contributed by atoms with E-state index >= 15 is 0 Å². The molecular weight excluding hydrogens is 162 g/mol. The normalized spacial score (nSPS) is 16.7. The average Bonchev–Trinajstić information content (AvgIpc) is 2.86. The number of pyridine rings is 1. The van der Waals surface area contributed by atoms with Gasteiger partial charge in [0.2, 0.25) is 0 Å². The zero-order valence-electron chi connectivity index (χ0n) is 7.57. The summed E-state index contributed by atoms with van der Waals surface area (Å²) in [4.78, 5) is 4.34. The van der Waals surface area contributed by atoms with Gasteiger partial charge >= 0.3 is 0 Å². The van der Waals surface area contributed by atoms with Gasteiger partial charge in [-0.1, -0.05) is 6.07 Å². The third-order valence-corrected chi connectivity index (χ3v) is 2.49. The van der Waals surface area contributed by atoms with Gasteiger partial charge in [0, 0.05) is 11.6 Å². The van der Waals surface area contributed by atoms with Crippen molar-refractivity contribution >= 4 is 5.65 Å². The zero-order valence-corrected chi connectivity index (χ0v) is 7.57. The highest BCUT2D eigenvalue weighted by Crippen LogP contribution is 2.39. The minimum absolute atomic E-state index is 0.727. The van der Waals surface area contributed by atoms with Crippen LogP contribution in [0.4, 0.5) is 0 Å². The second kappa shape index (κ2) is 2.31. The first kappa shape index (κ1) is 7.06. The van der Waals surface area contributed by atoms with E-state index in [9.17, 15) is 0 Å². The molecule has 0 aliphatic heterocycles. The molecule has 0 radical (unpaired) electrons. The topological polar surface area (TPSA) is 30.2 Å². The van der Waals surface area contributed by atoms with Crippen LogP contribution in [0.5, 0.6) is 0 Å². The molecule has 3 nitrogen and oxygen atoms in total. The molecule has 0 unspecified atom stereocenters. The van der Waals surface area contributed by atoms with Gasteiger partial charge in [-0.25, -0.2) is 9.50 Å². The number of hydrogen-bond acceptors (Lipinski definition) is 2. The number of aryl methyl sites for hydroxylation is 1. The van der Waals surface area contributed by atoms with Crippen molar-refractivity contribution in [2.45, 2.75) is 25.7 Å². The van der Waals surface area contributed by atoms with Gasteiger partial charge in [0.25, 0.3) is 0 Å². The van der Waals surface area contributed by atoms with Crippen molar-refractivity contribution < 1.29 is 0 Å². The summed E-state index contributed by atoms with van der Waals surface area (Å²) >= 11 is 0. The maximum Gasteiger partial charge on any atom is 0.155 e. The van der Waals surface area contributed by atoms with Crippen LogP contribution >= 0.6 is 0 Å². The Hall–Kier alpha value is -1.38. The number of hydrogen-bond donors (Lipinski definition) is 0. The lowest BCUT2D eigenvalue weighted by molar-refractivity contribution is 0.844. The lowest BCUT2D eigenvalue weighted by Crippen LogP contribution is -1.95. The summed E-state index contributed by atoms with van der Waals surface area (Å²) in [7, 11) is 0. The summed E-state index contributed by atoms with van der Waals surface area (Å²) in [5, 5.41) is 4.38. The van der Waals surface area contributed by atoms with Gasteiger partial charge in [-0.15, -0.1) is 0 Å². The SMILES string of the molecule is Cc1nc2cccc(C3CC3)n2n1. The van der Waals surface area contributed by atoms with Crippen LogP contribution in [0.3, 0.4) is 0 Å². The number of fused-ring (bicyclic) bond motifs is 1. The van der Waals surface area contributed by atoms with Crippen LogP contribution in [0.25, 0.3) is 5.65 Å². The molecule has 3 rings (SSSR count). The third-order valence-electron chi connectivity index (χ3n) is 2.49. The Morgan fingerprint density at radius 2 is 2.23 bits per heavy atom. The van der Waals surface area contributed by atoms with E-state index in [0.717, 1.165) is 17.4 Å². The molecule has 3 heteroatoms. The standard InChI is InChI=1S/C10H11N3/c1-7-11-10-4-2-3-9(8-5-6-8)13(10)12-7/h2-4,8H,5-6H2,1H3. The van der Waals surface area contributed by atoms with E-state index in [4.69, 9.17) is 0 Å². The van der Waals surface area contributed by atoms with Crippen LogP contribution in [0.2, 0.25) is 0 Å². The fraction of sp³-hybridized carbons (Fsp3) is 0.400. The quantitative estimate of drug-likeness (QED) is 0.659. The Balaban J connectivity index is 2.31. The highest BCUT2D eigenvalue weighted by molar-refractivity contribution is 5.40. The van der Waals surface area contributed by atoms with Crippen molar-refractivity contribution in [3.8, 4) is 0 Å². The summed E-state index contributed by atoms with van der Waals surface area (Å²) in [6.45, 7) is 1.93. The van der Waals surface area contributed by atoms with Crippen molar-refractivity contribution in [3.63, 3.8) is 0 Å². The molecule has 0 saturated heterocycles. The molecule has 2 aromatic rings. The summed E-state index contributed by atoms with van der Waals surface area (Å²) < 4.78 is 1.98. The molecule has 2 aromatic heterocycles. The van der Waals surface area contributed by atoms with Crippen LogP contribution in [0.1, 0.15) is 30.3 Å². The molecule has 0 N–H and O–H groups in total. The van der Waals surface area contributed by atoms with Crippen molar-refractivity contribution in [3.05, 3.63) is 29.7 Å². The fourth-order valence-electron chi connectivity index (χ4n) is 1.72. The highest BCUT2D eigenvalue weighted by atomic mass is 15.3. The van der Waals surface area contributed by atoms with Gasteiger partial charge in [0.15, 0.2) is 5.65 Å². The molecule has 0 amide bonds. The Morgan fingerprint density at radius 3 is 3.00 bits per heavy atom. The van der Waals surface area contributed by atoms with E-state index in [1.54, 1.807) is 0 Å². The molecule has 0 aromatic carbocycles. The van der Waals surface area contributed by atoms with Gasteiger partial charge < -0.3 is 0 Å². The summed E-state index contributed by atoms with van der Waals surface area (Å²) in [6.07, 6.45) is 2.61. The predicted octanol–water partition coefficient (Wildman–Crippen LogP) is 1.92. The van der Waals surface area contributed by atoms with E-state index in [1.807, 2.05) is 17.5 Å². The Kier molecular flexibility index (Phi) is 1.26. The maximum absolute atomic E-state index is 4.38. The van der Waals surface area contributed by atoms with E-state index < -0.39 is 0 Å². The summed E-state index contributed by atoms with van der Waals surface area (Å²) in [5.41, 5.74) is 2.29. The number of nitrogens with zero attached hydrogens (tertiary/aromatic N) is 3. The molecule has 1 aliphatic carbocycles. The van der Waals surface area contributed by atoms with E-state index in [2.05, 4.69) is 22.2 Å². The molecule has 1 saturated carbocycles. The van der Waals surface area contributed by atoms with Crippen LogP contribution in [-0.2, 0) is 0 Å². The van der Waals surface area contributed by atoms with Crippen LogP contribution in [0.15, 0.2) is 18.2 Å². The number of aromatic nitrogens is 3. The molecule has 66 valence electrons.